The Bertz CT molecular complexity index is 1020. The molecule has 0 aliphatic heterocycles. The van der Waals surface area contributed by atoms with E-state index in [0.717, 1.165) is 16.5 Å². The van der Waals surface area contributed by atoms with E-state index in [1.807, 2.05) is 61.5 Å². The average molecular weight is 348 g/mol. The van der Waals surface area contributed by atoms with Crippen molar-refractivity contribution in [3.05, 3.63) is 66.4 Å². The molecule has 0 amide bonds. The quantitative estimate of drug-likeness (QED) is 0.416. The smallest absolute Gasteiger partial charge is 0.209 e. The molecule has 2 aromatic heterocycles. The standard InChI is InChI=1S/C19H16N4OS/c1-12(17(24)15-11-20-16-10-6-5-9-14(15)16)25-19-21-18(22-23-19)13-7-3-2-4-8-13/h2-12,20H,1H3,(H,21,22,23)/t12-/m1/s1. The Balaban J connectivity index is 1.53. The third-order valence-electron chi connectivity index (χ3n) is 4.02. The SMILES string of the molecule is C[C@@H](Sc1n[nH]c(-c2ccccc2)n1)C(=O)c1c[nH]c2ccccc12. The first kappa shape index (κ1) is 15.7. The minimum atomic E-state index is -0.279. The van der Waals surface area contributed by atoms with Gasteiger partial charge in [-0.25, -0.2) is 4.98 Å². The van der Waals surface area contributed by atoms with Crippen molar-refractivity contribution in [3.63, 3.8) is 0 Å². The van der Waals surface area contributed by atoms with Gasteiger partial charge in [0.15, 0.2) is 11.6 Å². The molecule has 4 aromatic rings. The summed E-state index contributed by atoms with van der Waals surface area (Å²) < 4.78 is 0. The number of Topliss-reactive ketones (excluding diaryl/α,β-unsaturated/α-hetero) is 1. The van der Waals surface area contributed by atoms with Crippen LogP contribution in [0.3, 0.4) is 0 Å². The minimum absolute atomic E-state index is 0.0634. The van der Waals surface area contributed by atoms with Crippen molar-refractivity contribution in [3.8, 4) is 11.4 Å². The third kappa shape index (κ3) is 3.08. The summed E-state index contributed by atoms with van der Waals surface area (Å²) in [7, 11) is 0. The van der Waals surface area contributed by atoms with Gasteiger partial charge in [0.25, 0.3) is 0 Å². The highest BCUT2D eigenvalue weighted by molar-refractivity contribution is 8.00. The highest BCUT2D eigenvalue weighted by atomic mass is 32.2. The molecule has 0 bridgehead atoms. The number of benzene rings is 2. The van der Waals surface area contributed by atoms with Gasteiger partial charge < -0.3 is 4.98 Å². The van der Waals surface area contributed by atoms with Crippen molar-refractivity contribution in [1.29, 1.82) is 0 Å². The van der Waals surface area contributed by atoms with Gasteiger partial charge in [-0.1, -0.05) is 60.3 Å². The van der Waals surface area contributed by atoms with Crippen LogP contribution < -0.4 is 0 Å². The van der Waals surface area contributed by atoms with Crippen molar-refractivity contribution in [1.82, 2.24) is 20.2 Å². The maximum atomic E-state index is 12.8. The second-order valence-corrected chi connectivity index (χ2v) is 7.01. The van der Waals surface area contributed by atoms with E-state index in [1.54, 1.807) is 6.20 Å². The molecule has 0 saturated heterocycles. The Morgan fingerprint density at radius 1 is 1.08 bits per heavy atom. The van der Waals surface area contributed by atoms with E-state index in [2.05, 4.69) is 20.2 Å². The summed E-state index contributed by atoms with van der Waals surface area (Å²) in [6, 6.07) is 17.6. The Kier molecular flexibility index (Phi) is 4.11. The van der Waals surface area contributed by atoms with Crippen molar-refractivity contribution in [2.45, 2.75) is 17.3 Å². The number of fused-ring (bicyclic) bond motifs is 1. The molecule has 124 valence electrons. The lowest BCUT2D eigenvalue weighted by Gasteiger charge is -2.06. The van der Waals surface area contributed by atoms with Crippen LogP contribution in [0.25, 0.3) is 22.3 Å². The molecule has 2 aromatic carbocycles. The number of nitrogens with one attached hydrogen (secondary N) is 2. The molecule has 0 saturated carbocycles. The van der Waals surface area contributed by atoms with E-state index in [1.165, 1.54) is 11.8 Å². The molecule has 5 nitrogen and oxygen atoms in total. The predicted octanol–water partition coefficient (Wildman–Crippen LogP) is 4.32. The number of para-hydroxylation sites is 1. The number of carbonyl (C=O) groups excluding carboxylic acids is 1. The second kappa shape index (κ2) is 6.57. The number of ketones is 1. The maximum absolute atomic E-state index is 12.8. The summed E-state index contributed by atoms with van der Waals surface area (Å²) in [6.07, 6.45) is 1.78. The Morgan fingerprint density at radius 3 is 2.68 bits per heavy atom. The summed E-state index contributed by atoms with van der Waals surface area (Å²) in [6.45, 7) is 1.88. The fraction of sp³-hybridized carbons (Fsp3) is 0.105. The van der Waals surface area contributed by atoms with Crippen LogP contribution in [0, 0.1) is 0 Å². The van der Waals surface area contributed by atoms with Crippen molar-refractivity contribution in [2.24, 2.45) is 0 Å². The van der Waals surface area contributed by atoms with Crippen LogP contribution in [0.2, 0.25) is 0 Å². The van der Waals surface area contributed by atoms with Gasteiger partial charge in [0.05, 0.1) is 5.25 Å². The lowest BCUT2D eigenvalue weighted by atomic mass is 10.1. The molecule has 4 rings (SSSR count). The highest BCUT2D eigenvalue weighted by Crippen LogP contribution is 2.27. The zero-order valence-electron chi connectivity index (χ0n) is 13.6. The van der Waals surface area contributed by atoms with Crippen LogP contribution in [0.5, 0.6) is 0 Å². The summed E-state index contributed by atoms with van der Waals surface area (Å²) in [5.74, 6) is 0.767. The van der Waals surface area contributed by atoms with Crippen molar-refractivity contribution in [2.75, 3.05) is 0 Å². The van der Waals surface area contributed by atoms with Crippen molar-refractivity contribution < 1.29 is 4.79 Å². The first-order chi connectivity index (χ1) is 12.2. The minimum Gasteiger partial charge on any atom is -0.360 e. The summed E-state index contributed by atoms with van der Waals surface area (Å²) in [4.78, 5) is 20.4. The number of aromatic nitrogens is 4. The van der Waals surface area contributed by atoms with Crippen LogP contribution in [0.4, 0.5) is 0 Å². The zero-order valence-corrected chi connectivity index (χ0v) is 14.4. The van der Waals surface area contributed by atoms with Crippen LogP contribution in [0.15, 0.2) is 66.0 Å². The normalized spacial score (nSPS) is 12.4. The van der Waals surface area contributed by atoms with E-state index >= 15 is 0 Å². The number of aromatic amines is 2. The zero-order chi connectivity index (χ0) is 17.2. The second-order valence-electron chi connectivity index (χ2n) is 5.70. The summed E-state index contributed by atoms with van der Waals surface area (Å²) in [5, 5.41) is 8.39. The van der Waals surface area contributed by atoms with Gasteiger partial charge in [0.1, 0.15) is 0 Å². The van der Waals surface area contributed by atoms with Gasteiger partial charge in [-0.3, -0.25) is 9.89 Å². The molecule has 0 unspecified atom stereocenters. The topological polar surface area (TPSA) is 74.4 Å². The van der Waals surface area contributed by atoms with Crippen molar-refractivity contribution >= 4 is 28.4 Å². The Hall–Kier alpha value is -2.86. The molecule has 0 aliphatic rings. The summed E-state index contributed by atoms with van der Waals surface area (Å²) >= 11 is 1.36. The predicted molar refractivity (Wildman–Crippen MR) is 99.8 cm³/mol. The van der Waals surface area contributed by atoms with Gasteiger partial charge in [-0.2, -0.15) is 0 Å². The number of nitrogens with zero attached hydrogens (tertiary/aromatic N) is 2. The Labute approximate surface area is 148 Å². The van der Waals surface area contributed by atoms with Gasteiger partial charge in [-0.05, 0) is 13.0 Å². The van der Waals surface area contributed by atoms with Gasteiger partial charge in [-0.15, -0.1) is 5.10 Å². The molecule has 0 radical (unpaired) electrons. The Morgan fingerprint density at radius 2 is 1.84 bits per heavy atom. The third-order valence-corrected chi connectivity index (χ3v) is 4.98. The maximum Gasteiger partial charge on any atom is 0.209 e. The number of carbonyl (C=O) groups is 1. The molecule has 0 spiro atoms. The van der Waals surface area contributed by atoms with Crippen LogP contribution in [0.1, 0.15) is 17.3 Å². The molecule has 0 aliphatic carbocycles. The lowest BCUT2D eigenvalue weighted by molar-refractivity contribution is 0.0995. The molecule has 1 atom stereocenters. The molecular formula is C19H16N4OS. The molecule has 2 N–H and O–H groups in total. The first-order valence-corrected chi connectivity index (χ1v) is 8.85. The van der Waals surface area contributed by atoms with E-state index in [0.29, 0.717) is 16.5 Å². The number of thioether (sulfide) groups is 1. The number of H-pyrrole nitrogens is 2. The van der Waals surface area contributed by atoms with Gasteiger partial charge in [0.2, 0.25) is 5.16 Å². The van der Waals surface area contributed by atoms with Crippen LogP contribution in [-0.2, 0) is 0 Å². The van der Waals surface area contributed by atoms with Crippen LogP contribution >= 0.6 is 11.8 Å². The average Bonchev–Trinajstić information content (AvgIpc) is 3.29. The van der Waals surface area contributed by atoms with E-state index < -0.39 is 0 Å². The number of hydrogen-bond acceptors (Lipinski definition) is 4. The summed E-state index contributed by atoms with van der Waals surface area (Å²) in [5.41, 5.74) is 2.64. The molecule has 6 heteroatoms. The molecule has 25 heavy (non-hydrogen) atoms. The number of hydrogen-bond donors (Lipinski definition) is 2. The lowest BCUT2D eigenvalue weighted by Crippen LogP contribution is -2.13. The largest absolute Gasteiger partial charge is 0.360 e. The monoisotopic (exact) mass is 348 g/mol. The van der Waals surface area contributed by atoms with Gasteiger partial charge >= 0.3 is 0 Å². The fourth-order valence-corrected chi connectivity index (χ4v) is 3.52. The van der Waals surface area contributed by atoms with E-state index in [9.17, 15) is 4.79 Å². The van der Waals surface area contributed by atoms with E-state index in [-0.39, 0.29) is 11.0 Å². The van der Waals surface area contributed by atoms with E-state index in [4.69, 9.17) is 0 Å². The van der Waals surface area contributed by atoms with Crippen LogP contribution in [-0.4, -0.2) is 31.2 Å². The molecule has 2 heterocycles. The molecule has 0 fully saturated rings. The van der Waals surface area contributed by atoms with Gasteiger partial charge in [0, 0.05) is 28.2 Å². The number of rotatable bonds is 5. The first-order valence-electron chi connectivity index (χ1n) is 7.97. The molecular weight excluding hydrogens is 332 g/mol. The fourth-order valence-electron chi connectivity index (χ4n) is 2.73. The highest BCUT2D eigenvalue weighted by Gasteiger charge is 2.21.